The summed E-state index contributed by atoms with van der Waals surface area (Å²) in [6, 6.07) is 1.72. The van der Waals surface area contributed by atoms with E-state index in [0.717, 1.165) is 6.54 Å². The van der Waals surface area contributed by atoms with Crippen molar-refractivity contribution in [3.63, 3.8) is 0 Å². The average Bonchev–Trinajstić information content (AvgIpc) is 2.42. The lowest BCUT2D eigenvalue weighted by Crippen LogP contribution is -2.13. The van der Waals surface area contributed by atoms with Crippen molar-refractivity contribution >= 4 is 11.8 Å². The number of carbonyl (C=O) groups is 1. The number of ether oxygens (including phenoxy) is 2. The van der Waals surface area contributed by atoms with Crippen molar-refractivity contribution < 1.29 is 14.3 Å². The largest absolute Gasteiger partial charge is 0.496 e. The molecule has 0 atom stereocenters. The molecule has 0 saturated carbocycles. The van der Waals surface area contributed by atoms with Crippen molar-refractivity contribution in [1.82, 2.24) is 4.98 Å². The minimum absolute atomic E-state index is 0.296. The summed E-state index contributed by atoms with van der Waals surface area (Å²) < 4.78 is 10.4. The molecular formula is C15H24N2O3. The minimum atomic E-state index is -0.404. The molecule has 0 aliphatic rings. The monoisotopic (exact) mass is 280 g/mol. The van der Waals surface area contributed by atoms with Crippen molar-refractivity contribution in [2.75, 3.05) is 25.6 Å². The lowest BCUT2D eigenvalue weighted by atomic mass is 10.2. The minimum Gasteiger partial charge on any atom is -0.496 e. The predicted molar refractivity (Wildman–Crippen MR) is 79.2 cm³/mol. The average molecular weight is 280 g/mol. The summed E-state index contributed by atoms with van der Waals surface area (Å²) in [7, 11) is 1.53. The lowest BCUT2D eigenvalue weighted by Gasteiger charge is -2.12. The molecule has 1 aromatic rings. The van der Waals surface area contributed by atoms with E-state index >= 15 is 0 Å². The van der Waals surface area contributed by atoms with E-state index in [1.54, 1.807) is 6.07 Å². The molecule has 112 valence electrons. The zero-order valence-corrected chi connectivity index (χ0v) is 12.9. The second kappa shape index (κ2) is 7.72. The van der Waals surface area contributed by atoms with Gasteiger partial charge in [-0.2, -0.15) is 0 Å². The fourth-order valence-corrected chi connectivity index (χ4v) is 1.48. The van der Waals surface area contributed by atoms with Gasteiger partial charge in [-0.1, -0.05) is 27.7 Å². The molecule has 0 amide bonds. The van der Waals surface area contributed by atoms with Gasteiger partial charge in [0.25, 0.3) is 0 Å². The Balaban J connectivity index is 2.79. The smallest absolute Gasteiger partial charge is 0.343 e. The molecule has 5 nitrogen and oxygen atoms in total. The molecular weight excluding hydrogens is 256 g/mol. The third kappa shape index (κ3) is 5.07. The Morgan fingerprint density at radius 3 is 2.55 bits per heavy atom. The van der Waals surface area contributed by atoms with Crippen LogP contribution in [0.5, 0.6) is 5.75 Å². The van der Waals surface area contributed by atoms with Gasteiger partial charge in [-0.15, -0.1) is 0 Å². The molecule has 0 radical (unpaired) electrons. The molecule has 1 N–H and O–H groups in total. The van der Waals surface area contributed by atoms with E-state index in [9.17, 15) is 4.79 Å². The van der Waals surface area contributed by atoms with Crippen molar-refractivity contribution in [2.24, 2.45) is 11.8 Å². The van der Waals surface area contributed by atoms with E-state index < -0.39 is 5.97 Å². The molecule has 1 aromatic heterocycles. The topological polar surface area (TPSA) is 60.5 Å². The van der Waals surface area contributed by atoms with Crippen LogP contribution in [0.3, 0.4) is 0 Å². The number of nitrogens with one attached hydrogen (secondary N) is 1. The number of anilines is 1. The number of aromatic nitrogens is 1. The number of rotatable bonds is 7. The Labute approximate surface area is 120 Å². The Bertz CT molecular complexity index is 445. The van der Waals surface area contributed by atoms with Gasteiger partial charge in [0, 0.05) is 18.8 Å². The number of esters is 1. The van der Waals surface area contributed by atoms with Crippen LogP contribution >= 0.6 is 0 Å². The van der Waals surface area contributed by atoms with E-state index in [0.29, 0.717) is 35.6 Å². The van der Waals surface area contributed by atoms with E-state index in [1.165, 1.54) is 13.3 Å². The van der Waals surface area contributed by atoms with Gasteiger partial charge in [-0.3, -0.25) is 0 Å². The first kappa shape index (κ1) is 16.3. The van der Waals surface area contributed by atoms with Gasteiger partial charge in [-0.25, -0.2) is 9.78 Å². The van der Waals surface area contributed by atoms with Crippen LogP contribution in [0.15, 0.2) is 12.3 Å². The predicted octanol–water partition coefficient (Wildman–Crippen LogP) is 2.97. The van der Waals surface area contributed by atoms with E-state index in [1.807, 2.05) is 13.8 Å². The molecule has 0 fully saturated rings. The fourth-order valence-electron chi connectivity index (χ4n) is 1.48. The van der Waals surface area contributed by atoms with E-state index in [-0.39, 0.29) is 0 Å². The Hall–Kier alpha value is -1.78. The number of hydrogen-bond acceptors (Lipinski definition) is 5. The maximum Gasteiger partial charge on any atom is 0.343 e. The molecule has 0 unspecified atom stereocenters. The fraction of sp³-hybridized carbons (Fsp3) is 0.600. The first-order valence-corrected chi connectivity index (χ1v) is 6.89. The summed E-state index contributed by atoms with van der Waals surface area (Å²) in [5.41, 5.74) is 0.350. The third-order valence-electron chi connectivity index (χ3n) is 2.55. The molecule has 0 aliphatic heterocycles. The highest BCUT2D eigenvalue weighted by Gasteiger charge is 2.16. The molecule has 0 saturated heterocycles. The van der Waals surface area contributed by atoms with Crippen LogP contribution in [0, 0.1) is 11.8 Å². The summed E-state index contributed by atoms with van der Waals surface area (Å²) in [6.07, 6.45) is 1.49. The quantitative estimate of drug-likeness (QED) is 0.778. The first-order valence-electron chi connectivity index (χ1n) is 6.89. The van der Waals surface area contributed by atoms with Crippen molar-refractivity contribution in [3.8, 4) is 5.75 Å². The van der Waals surface area contributed by atoms with Crippen LogP contribution in [-0.2, 0) is 4.74 Å². The number of pyridine rings is 1. The van der Waals surface area contributed by atoms with E-state index in [4.69, 9.17) is 9.47 Å². The van der Waals surface area contributed by atoms with Gasteiger partial charge in [0.1, 0.15) is 17.1 Å². The summed E-state index contributed by atoms with van der Waals surface area (Å²) >= 11 is 0. The summed E-state index contributed by atoms with van der Waals surface area (Å²) in [5, 5.41) is 3.19. The van der Waals surface area contributed by atoms with Gasteiger partial charge < -0.3 is 14.8 Å². The Morgan fingerprint density at radius 1 is 1.30 bits per heavy atom. The molecule has 1 heterocycles. The number of carbonyl (C=O) groups excluding carboxylic acids is 1. The Kier molecular flexibility index (Phi) is 6.28. The number of hydrogen-bond donors (Lipinski definition) is 1. The molecule has 5 heteroatoms. The van der Waals surface area contributed by atoms with Crippen molar-refractivity contribution in [2.45, 2.75) is 27.7 Å². The third-order valence-corrected chi connectivity index (χ3v) is 2.55. The summed E-state index contributed by atoms with van der Waals surface area (Å²) in [6.45, 7) is 9.40. The first-order chi connectivity index (χ1) is 9.43. The lowest BCUT2D eigenvalue weighted by molar-refractivity contribution is 0.0455. The van der Waals surface area contributed by atoms with Gasteiger partial charge >= 0.3 is 5.97 Å². The second-order valence-electron chi connectivity index (χ2n) is 5.54. The number of methoxy groups -OCH3 is 1. The van der Waals surface area contributed by atoms with Crippen LogP contribution in [0.4, 0.5) is 5.82 Å². The van der Waals surface area contributed by atoms with Crippen molar-refractivity contribution in [3.05, 3.63) is 17.8 Å². The van der Waals surface area contributed by atoms with Crippen LogP contribution in [-0.4, -0.2) is 31.2 Å². The summed E-state index contributed by atoms with van der Waals surface area (Å²) in [5.74, 6) is 1.57. The molecule has 20 heavy (non-hydrogen) atoms. The summed E-state index contributed by atoms with van der Waals surface area (Å²) in [4.78, 5) is 16.2. The molecule has 0 bridgehead atoms. The normalized spacial score (nSPS) is 10.8. The van der Waals surface area contributed by atoms with Crippen LogP contribution in [0.25, 0.3) is 0 Å². The van der Waals surface area contributed by atoms with Crippen molar-refractivity contribution in [1.29, 1.82) is 0 Å². The zero-order valence-electron chi connectivity index (χ0n) is 12.9. The highest BCUT2D eigenvalue weighted by atomic mass is 16.5. The Morgan fingerprint density at radius 2 is 2.00 bits per heavy atom. The standard InChI is InChI=1S/C15H24N2O3/c1-10(2)7-16-14-6-13(19-5)12(8-17-14)15(18)20-9-11(3)4/h6,8,10-11H,7,9H2,1-5H3,(H,16,17). The highest BCUT2D eigenvalue weighted by Crippen LogP contribution is 2.22. The van der Waals surface area contributed by atoms with Crippen LogP contribution in [0.1, 0.15) is 38.1 Å². The highest BCUT2D eigenvalue weighted by molar-refractivity contribution is 5.92. The molecule has 1 rings (SSSR count). The molecule has 0 aliphatic carbocycles. The molecule has 0 aromatic carbocycles. The van der Waals surface area contributed by atoms with Gasteiger partial charge in [0.2, 0.25) is 0 Å². The van der Waals surface area contributed by atoms with E-state index in [2.05, 4.69) is 24.1 Å². The maximum atomic E-state index is 11.9. The number of nitrogens with zero attached hydrogens (tertiary/aromatic N) is 1. The van der Waals surface area contributed by atoms with Crippen LogP contribution in [0.2, 0.25) is 0 Å². The van der Waals surface area contributed by atoms with Gasteiger partial charge in [0.15, 0.2) is 0 Å². The second-order valence-corrected chi connectivity index (χ2v) is 5.54. The molecule has 0 spiro atoms. The SMILES string of the molecule is COc1cc(NCC(C)C)ncc1C(=O)OCC(C)C. The maximum absolute atomic E-state index is 11.9. The van der Waals surface area contributed by atoms with Gasteiger partial charge in [0.05, 0.1) is 13.7 Å². The van der Waals surface area contributed by atoms with Crippen LogP contribution < -0.4 is 10.1 Å². The zero-order chi connectivity index (χ0) is 15.1. The van der Waals surface area contributed by atoms with Gasteiger partial charge in [-0.05, 0) is 11.8 Å².